The fraction of sp³-hybridized carbons (Fsp3) is 0.500. The Bertz CT molecular complexity index is 401. The van der Waals surface area contributed by atoms with Crippen molar-refractivity contribution >= 4 is 10.9 Å². The second-order valence-electron chi connectivity index (χ2n) is 4.17. The molecule has 0 amide bonds. The van der Waals surface area contributed by atoms with Gasteiger partial charge >= 0.3 is 0 Å². The standard InChI is InChI=1S/C11H15N3.C3H8.C2H6/c1-12-14(2)8-10-7-9-5-3-4-6-11(9)13-10;1-3-2;1-2/h3-7,12-13H,8H2,1-2H3;3H2,1-2H3;1-2H3. The molecule has 19 heavy (non-hydrogen) atoms. The molecule has 1 heterocycles. The lowest BCUT2D eigenvalue weighted by Gasteiger charge is -2.12. The van der Waals surface area contributed by atoms with E-state index >= 15 is 0 Å². The van der Waals surface area contributed by atoms with Crippen molar-refractivity contribution < 1.29 is 0 Å². The van der Waals surface area contributed by atoms with Gasteiger partial charge in [0.1, 0.15) is 0 Å². The Morgan fingerprint density at radius 1 is 1.16 bits per heavy atom. The molecular weight excluding hydrogens is 234 g/mol. The number of aromatic nitrogens is 1. The first kappa shape index (κ1) is 17.7. The van der Waals surface area contributed by atoms with Gasteiger partial charge in [-0.05, 0) is 24.6 Å². The summed E-state index contributed by atoms with van der Waals surface area (Å²) < 4.78 is 0. The highest BCUT2D eigenvalue weighted by atomic mass is 15.5. The van der Waals surface area contributed by atoms with Gasteiger partial charge in [0.2, 0.25) is 0 Å². The summed E-state index contributed by atoms with van der Waals surface area (Å²) in [6.45, 7) is 9.13. The van der Waals surface area contributed by atoms with Crippen molar-refractivity contribution in [2.75, 3.05) is 14.1 Å². The summed E-state index contributed by atoms with van der Waals surface area (Å²) in [6.07, 6.45) is 1.25. The van der Waals surface area contributed by atoms with E-state index in [-0.39, 0.29) is 0 Å². The number of rotatable bonds is 3. The Morgan fingerprint density at radius 2 is 1.74 bits per heavy atom. The van der Waals surface area contributed by atoms with Gasteiger partial charge in [0.25, 0.3) is 0 Å². The van der Waals surface area contributed by atoms with Crippen molar-refractivity contribution in [1.82, 2.24) is 15.4 Å². The first-order chi connectivity index (χ1) is 9.21. The fourth-order valence-electron chi connectivity index (χ4n) is 1.55. The first-order valence-electron chi connectivity index (χ1n) is 7.16. The number of H-pyrrole nitrogens is 1. The summed E-state index contributed by atoms with van der Waals surface area (Å²) >= 11 is 0. The SMILES string of the molecule is CC.CCC.CNN(C)Cc1cc2ccccc2[nH]1. The fourth-order valence-corrected chi connectivity index (χ4v) is 1.55. The average Bonchev–Trinajstić information content (AvgIpc) is 2.83. The molecule has 2 aromatic rings. The molecule has 0 saturated carbocycles. The van der Waals surface area contributed by atoms with Gasteiger partial charge in [0, 0.05) is 18.3 Å². The third-order valence-corrected chi connectivity index (χ3v) is 2.37. The average molecular weight is 263 g/mol. The van der Waals surface area contributed by atoms with Gasteiger partial charge in [0.15, 0.2) is 0 Å². The van der Waals surface area contributed by atoms with Crippen LogP contribution in [0.4, 0.5) is 0 Å². The Balaban J connectivity index is 0.000000573. The van der Waals surface area contributed by atoms with Crippen LogP contribution in [0.1, 0.15) is 39.8 Å². The lowest BCUT2D eigenvalue weighted by atomic mass is 10.2. The van der Waals surface area contributed by atoms with Crippen molar-refractivity contribution in [2.24, 2.45) is 0 Å². The van der Waals surface area contributed by atoms with Crippen LogP contribution in [0.15, 0.2) is 30.3 Å². The molecule has 0 aliphatic rings. The third kappa shape index (κ3) is 6.41. The minimum absolute atomic E-state index is 0.880. The van der Waals surface area contributed by atoms with Crippen LogP contribution in [0, 0.1) is 0 Å². The molecule has 108 valence electrons. The summed E-state index contributed by atoms with van der Waals surface area (Å²) in [6, 6.07) is 10.5. The molecule has 0 spiro atoms. The molecule has 0 saturated heterocycles. The number of para-hydroxylation sites is 1. The maximum atomic E-state index is 3.38. The smallest absolute Gasteiger partial charge is 0.0529 e. The Morgan fingerprint density at radius 3 is 2.26 bits per heavy atom. The number of benzene rings is 1. The predicted molar refractivity (Wildman–Crippen MR) is 86.1 cm³/mol. The second-order valence-corrected chi connectivity index (χ2v) is 4.17. The van der Waals surface area contributed by atoms with E-state index < -0.39 is 0 Å². The summed E-state index contributed by atoms with van der Waals surface area (Å²) in [7, 11) is 3.94. The molecule has 1 aromatic carbocycles. The molecule has 1 aromatic heterocycles. The maximum Gasteiger partial charge on any atom is 0.0529 e. The van der Waals surface area contributed by atoms with Crippen LogP contribution in [0.3, 0.4) is 0 Å². The highest BCUT2D eigenvalue weighted by Crippen LogP contribution is 2.14. The number of fused-ring (bicyclic) bond motifs is 1. The summed E-state index contributed by atoms with van der Waals surface area (Å²) in [5.74, 6) is 0. The predicted octanol–water partition coefficient (Wildman–Crippen LogP) is 4.18. The van der Waals surface area contributed by atoms with Crippen LogP contribution in [-0.2, 0) is 6.54 Å². The molecule has 0 unspecified atom stereocenters. The van der Waals surface area contributed by atoms with Crippen LogP contribution in [0.25, 0.3) is 10.9 Å². The van der Waals surface area contributed by atoms with Crippen molar-refractivity contribution in [3.05, 3.63) is 36.0 Å². The zero-order valence-electron chi connectivity index (χ0n) is 13.2. The van der Waals surface area contributed by atoms with Crippen LogP contribution < -0.4 is 5.43 Å². The summed E-state index contributed by atoms with van der Waals surface area (Å²) in [5.41, 5.74) is 5.50. The summed E-state index contributed by atoms with van der Waals surface area (Å²) in [4.78, 5) is 3.38. The monoisotopic (exact) mass is 263 g/mol. The molecule has 0 atom stereocenters. The van der Waals surface area contributed by atoms with E-state index in [1.807, 2.05) is 39.0 Å². The first-order valence-corrected chi connectivity index (χ1v) is 7.16. The third-order valence-electron chi connectivity index (χ3n) is 2.37. The zero-order valence-corrected chi connectivity index (χ0v) is 13.2. The molecule has 2 rings (SSSR count). The molecule has 3 heteroatoms. The molecule has 3 nitrogen and oxygen atoms in total. The van der Waals surface area contributed by atoms with Gasteiger partial charge < -0.3 is 4.98 Å². The van der Waals surface area contributed by atoms with Crippen molar-refractivity contribution in [2.45, 2.75) is 40.7 Å². The largest absolute Gasteiger partial charge is 0.357 e. The Labute approximate surface area is 118 Å². The molecule has 0 fully saturated rings. The van der Waals surface area contributed by atoms with Gasteiger partial charge in [-0.15, -0.1) is 0 Å². The Hall–Kier alpha value is -1.32. The quantitative estimate of drug-likeness (QED) is 0.814. The Kier molecular flexibility index (Phi) is 9.85. The highest BCUT2D eigenvalue weighted by molar-refractivity contribution is 5.80. The van der Waals surface area contributed by atoms with Crippen molar-refractivity contribution in [3.8, 4) is 0 Å². The van der Waals surface area contributed by atoms with E-state index in [0.717, 1.165) is 6.54 Å². The topological polar surface area (TPSA) is 31.1 Å². The number of nitrogens with one attached hydrogen (secondary N) is 2. The van der Waals surface area contributed by atoms with Crippen LogP contribution >= 0.6 is 0 Å². The van der Waals surface area contributed by atoms with Crippen LogP contribution in [0.2, 0.25) is 0 Å². The number of nitrogens with zero attached hydrogens (tertiary/aromatic N) is 1. The molecule has 0 aliphatic carbocycles. The van der Waals surface area contributed by atoms with E-state index in [0.29, 0.717) is 0 Å². The van der Waals surface area contributed by atoms with Crippen LogP contribution in [0.5, 0.6) is 0 Å². The molecule has 2 N–H and O–H groups in total. The number of hydrogen-bond donors (Lipinski definition) is 2. The van der Waals surface area contributed by atoms with Crippen molar-refractivity contribution in [1.29, 1.82) is 0 Å². The molecule has 0 aliphatic heterocycles. The van der Waals surface area contributed by atoms with E-state index in [9.17, 15) is 0 Å². The lowest BCUT2D eigenvalue weighted by molar-refractivity contribution is 0.249. The van der Waals surface area contributed by atoms with Gasteiger partial charge in [-0.2, -0.15) is 0 Å². The van der Waals surface area contributed by atoms with Crippen molar-refractivity contribution in [3.63, 3.8) is 0 Å². The molecular formula is C16H29N3. The lowest BCUT2D eigenvalue weighted by Crippen LogP contribution is -2.29. The minimum Gasteiger partial charge on any atom is -0.357 e. The maximum absolute atomic E-state index is 3.38. The van der Waals surface area contributed by atoms with Gasteiger partial charge in [-0.25, -0.2) is 5.01 Å². The number of aromatic amines is 1. The molecule has 0 radical (unpaired) electrons. The van der Waals surface area contributed by atoms with E-state index in [1.165, 1.54) is 23.0 Å². The number of hydrazine groups is 1. The van der Waals surface area contributed by atoms with E-state index in [4.69, 9.17) is 0 Å². The minimum atomic E-state index is 0.880. The normalized spacial score (nSPS) is 9.63. The highest BCUT2D eigenvalue weighted by Gasteiger charge is 2.01. The molecule has 0 bridgehead atoms. The van der Waals surface area contributed by atoms with Gasteiger partial charge in [-0.1, -0.05) is 52.3 Å². The van der Waals surface area contributed by atoms with E-state index in [1.54, 1.807) is 0 Å². The van der Waals surface area contributed by atoms with Gasteiger partial charge in [-0.3, -0.25) is 5.43 Å². The van der Waals surface area contributed by atoms with Crippen LogP contribution in [-0.4, -0.2) is 24.1 Å². The summed E-state index contributed by atoms with van der Waals surface area (Å²) in [5, 5.41) is 3.30. The second kappa shape index (κ2) is 10.6. The zero-order chi connectivity index (χ0) is 14.7. The van der Waals surface area contributed by atoms with Gasteiger partial charge in [0.05, 0.1) is 6.54 Å². The number of hydrogen-bond acceptors (Lipinski definition) is 2. The van der Waals surface area contributed by atoms with E-state index in [2.05, 4.69) is 48.5 Å².